The maximum Gasteiger partial charge on any atom is 0.262 e. The van der Waals surface area contributed by atoms with Gasteiger partial charge < -0.3 is 15.0 Å². The summed E-state index contributed by atoms with van der Waals surface area (Å²) in [5.41, 5.74) is 1.92. The summed E-state index contributed by atoms with van der Waals surface area (Å²) < 4.78 is 18.1. The van der Waals surface area contributed by atoms with Crippen LogP contribution in [0.1, 0.15) is 12.8 Å². The van der Waals surface area contributed by atoms with Gasteiger partial charge in [-0.05, 0) is 61.4 Å². The number of amides is 1. The van der Waals surface area contributed by atoms with Crippen molar-refractivity contribution in [3.05, 3.63) is 54.3 Å². The van der Waals surface area contributed by atoms with Crippen molar-refractivity contribution >= 4 is 17.3 Å². The maximum atomic E-state index is 12.8. The highest BCUT2D eigenvalue weighted by molar-refractivity contribution is 5.92. The molecule has 120 valence electrons. The quantitative estimate of drug-likeness (QED) is 0.919. The zero-order chi connectivity index (χ0) is 16.1. The number of benzene rings is 2. The number of rotatable bonds is 5. The SMILES string of the molecule is O=C(COc1ccc(F)cc1)Nc1ccc(N2CCCC2)cc1. The standard InChI is InChI=1S/C18H19FN2O2/c19-14-3-9-17(10-4-14)23-13-18(22)20-15-5-7-16(8-6-15)21-11-1-2-12-21/h3-10H,1-2,11-13H2,(H,20,22). The summed E-state index contributed by atoms with van der Waals surface area (Å²) >= 11 is 0. The molecule has 5 heteroatoms. The van der Waals surface area contributed by atoms with Crippen LogP contribution in [-0.2, 0) is 4.79 Å². The second-order valence-corrected chi connectivity index (χ2v) is 5.53. The second-order valence-electron chi connectivity index (χ2n) is 5.53. The highest BCUT2D eigenvalue weighted by Crippen LogP contribution is 2.22. The molecule has 0 aromatic heterocycles. The number of hydrogen-bond acceptors (Lipinski definition) is 3. The first-order valence-corrected chi connectivity index (χ1v) is 7.74. The van der Waals surface area contributed by atoms with E-state index in [2.05, 4.69) is 10.2 Å². The van der Waals surface area contributed by atoms with E-state index < -0.39 is 0 Å². The summed E-state index contributed by atoms with van der Waals surface area (Å²) in [6.45, 7) is 2.08. The fourth-order valence-electron chi connectivity index (χ4n) is 2.61. The molecule has 1 aliphatic rings. The Morgan fingerprint density at radius 2 is 1.70 bits per heavy atom. The van der Waals surface area contributed by atoms with Crippen LogP contribution in [0.2, 0.25) is 0 Å². The van der Waals surface area contributed by atoms with Crippen molar-refractivity contribution in [2.24, 2.45) is 0 Å². The van der Waals surface area contributed by atoms with Gasteiger partial charge in [-0.1, -0.05) is 0 Å². The molecular weight excluding hydrogens is 295 g/mol. The Kier molecular flexibility index (Phi) is 4.76. The van der Waals surface area contributed by atoms with Crippen molar-refractivity contribution < 1.29 is 13.9 Å². The lowest BCUT2D eigenvalue weighted by Crippen LogP contribution is -2.20. The van der Waals surface area contributed by atoms with E-state index in [4.69, 9.17) is 4.74 Å². The van der Waals surface area contributed by atoms with E-state index in [1.54, 1.807) is 0 Å². The second kappa shape index (κ2) is 7.13. The van der Waals surface area contributed by atoms with Crippen LogP contribution in [0, 0.1) is 5.82 Å². The first-order chi connectivity index (χ1) is 11.2. The summed E-state index contributed by atoms with van der Waals surface area (Å²) in [4.78, 5) is 14.2. The molecule has 1 aliphatic heterocycles. The largest absolute Gasteiger partial charge is 0.484 e. The number of nitrogens with zero attached hydrogens (tertiary/aromatic N) is 1. The Morgan fingerprint density at radius 3 is 2.35 bits per heavy atom. The van der Waals surface area contributed by atoms with Gasteiger partial charge in [0.1, 0.15) is 11.6 Å². The van der Waals surface area contributed by atoms with Crippen molar-refractivity contribution in [1.29, 1.82) is 0 Å². The van der Waals surface area contributed by atoms with Crippen molar-refractivity contribution in [3.8, 4) is 5.75 Å². The zero-order valence-electron chi connectivity index (χ0n) is 12.8. The van der Waals surface area contributed by atoms with E-state index >= 15 is 0 Å². The van der Waals surface area contributed by atoms with E-state index in [1.807, 2.05) is 24.3 Å². The number of carbonyl (C=O) groups is 1. The van der Waals surface area contributed by atoms with Gasteiger partial charge in [-0.15, -0.1) is 0 Å². The summed E-state index contributed by atoms with van der Waals surface area (Å²) in [7, 11) is 0. The van der Waals surface area contributed by atoms with E-state index in [0.29, 0.717) is 5.75 Å². The summed E-state index contributed by atoms with van der Waals surface area (Å²) in [5, 5.41) is 2.78. The van der Waals surface area contributed by atoms with Crippen molar-refractivity contribution in [2.45, 2.75) is 12.8 Å². The summed E-state index contributed by atoms with van der Waals surface area (Å²) in [5.74, 6) is -0.117. The Bertz CT molecular complexity index is 650. The number of halogens is 1. The first kappa shape index (κ1) is 15.3. The monoisotopic (exact) mass is 314 g/mol. The average molecular weight is 314 g/mol. The minimum Gasteiger partial charge on any atom is -0.484 e. The third-order valence-electron chi connectivity index (χ3n) is 3.81. The Labute approximate surface area is 134 Å². The number of ether oxygens (including phenoxy) is 1. The predicted octanol–water partition coefficient (Wildman–Crippen LogP) is 3.44. The van der Waals surface area contributed by atoms with E-state index in [0.717, 1.165) is 18.8 Å². The summed E-state index contributed by atoms with van der Waals surface area (Å²) in [6, 6.07) is 13.4. The van der Waals surface area contributed by atoms with Crippen LogP contribution in [0.4, 0.5) is 15.8 Å². The van der Waals surface area contributed by atoms with Crippen LogP contribution in [-0.4, -0.2) is 25.6 Å². The molecular formula is C18H19FN2O2. The molecule has 1 saturated heterocycles. The molecule has 0 unspecified atom stereocenters. The van der Waals surface area contributed by atoms with Crippen LogP contribution < -0.4 is 15.0 Å². The molecule has 2 aromatic rings. The third-order valence-corrected chi connectivity index (χ3v) is 3.81. The number of hydrogen-bond donors (Lipinski definition) is 1. The summed E-state index contributed by atoms with van der Waals surface area (Å²) in [6.07, 6.45) is 2.47. The molecule has 3 rings (SSSR count). The molecule has 1 N–H and O–H groups in total. The minimum absolute atomic E-state index is 0.112. The fraction of sp³-hybridized carbons (Fsp3) is 0.278. The first-order valence-electron chi connectivity index (χ1n) is 7.74. The molecule has 2 aromatic carbocycles. The Balaban J connectivity index is 1.50. The van der Waals surface area contributed by atoms with Crippen molar-refractivity contribution in [3.63, 3.8) is 0 Å². The lowest BCUT2D eigenvalue weighted by atomic mass is 10.2. The van der Waals surface area contributed by atoms with Gasteiger partial charge in [0, 0.05) is 24.5 Å². The number of carbonyl (C=O) groups excluding carboxylic acids is 1. The third kappa shape index (κ3) is 4.22. The average Bonchev–Trinajstić information content (AvgIpc) is 3.09. The lowest BCUT2D eigenvalue weighted by Gasteiger charge is -2.17. The molecule has 0 aliphatic carbocycles. The molecule has 0 radical (unpaired) electrons. The van der Waals surface area contributed by atoms with Gasteiger partial charge in [0.05, 0.1) is 0 Å². The highest BCUT2D eigenvalue weighted by atomic mass is 19.1. The van der Waals surface area contributed by atoms with Gasteiger partial charge in [0.25, 0.3) is 5.91 Å². The molecule has 23 heavy (non-hydrogen) atoms. The lowest BCUT2D eigenvalue weighted by molar-refractivity contribution is -0.118. The van der Waals surface area contributed by atoms with Crippen molar-refractivity contribution in [2.75, 3.05) is 29.9 Å². The Hall–Kier alpha value is -2.56. The highest BCUT2D eigenvalue weighted by Gasteiger charge is 2.12. The van der Waals surface area contributed by atoms with Crippen molar-refractivity contribution in [1.82, 2.24) is 0 Å². The number of nitrogens with one attached hydrogen (secondary N) is 1. The van der Waals surface area contributed by atoms with Gasteiger partial charge in [0.15, 0.2) is 6.61 Å². The smallest absolute Gasteiger partial charge is 0.262 e. The molecule has 0 spiro atoms. The van der Waals surface area contributed by atoms with Gasteiger partial charge in [-0.2, -0.15) is 0 Å². The molecule has 1 amide bonds. The minimum atomic E-state index is -0.333. The molecule has 1 heterocycles. The van der Waals surface area contributed by atoms with Gasteiger partial charge in [-0.3, -0.25) is 4.79 Å². The molecule has 0 atom stereocenters. The fourth-order valence-corrected chi connectivity index (χ4v) is 2.61. The molecule has 1 fully saturated rings. The van der Waals surface area contributed by atoms with Crippen LogP contribution in [0.3, 0.4) is 0 Å². The van der Waals surface area contributed by atoms with Gasteiger partial charge in [0.2, 0.25) is 0 Å². The van der Waals surface area contributed by atoms with Gasteiger partial charge in [-0.25, -0.2) is 4.39 Å². The molecule has 0 saturated carbocycles. The number of anilines is 2. The van der Waals surface area contributed by atoms with Crippen LogP contribution in [0.5, 0.6) is 5.75 Å². The molecule has 0 bridgehead atoms. The maximum absolute atomic E-state index is 12.8. The zero-order valence-corrected chi connectivity index (χ0v) is 12.8. The van der Waals surface area contributed by atoms with Crippen LogP contribution in [0.15, 0.2) is 48.5 Å². The van der Waals surface area contributed by atoms with E-state index in [9.17, 15) is 9.18 Å². The normalized spacial score (nSPS) is 13.9. The van der Waals surface area contributed by atoms with Crippen LogP contribution in [0.25, 0.3) is 0 Å². The topological polar surface area (TPSA) is 41.6 Å². The predicted molar refractivity (Wildman–Crippen MR) is 88.4 cm³/mol. The Morgan fingerprint density at radius 1 is 1.04 bits per heavy atom. The van der Waals surface area contributed by atoms with Gasteiger partial charge >= 0.3 is 0 Å². The van der Waals surface area contributed by atoms with Crippen LogP contribution >= 0.6 is 0 Å². The van der Waals surface area contributed by atoms with E-state index in [-0.39, 0.29) is 18.3 Å². The van der Waals surface area contributed by atoms with E-state index in [1.165, 1.54) is 42.8 Å². The molecule has 4 nitrogen and oxygen atoms in total.